The van der Waals surface area contributed by atoms with Crippen LogP contribution in [0.2, 0.25) is 0 Å². The summed E-state index contributed by atoms with van der Waals surface area (Å²) in [6.45, 7) is 4.21. The Bertz CT molecular complexity index is 992. The Balaban J connectivity index is 1.90. The van der Waals surface area contributed by atoms with Crippen LogP contribution in [0.15, 0.2) is 54.6 Å². The average Bonchev–Trinajstić information content (AvgIpc) is 2.67. The van der Waals surface area contributed by atoms with Crippen molar-refractivity contribution in [2.45, 2.75) is 25.7 Å². The smallest absolute Gasteiger partial charge is 0.129 e. The maximum absolute atomic E-state index is 10.1. The van der Waals surface area contributed by atoms with Crippen molar-refractivity contribution in [1.82, 2.24) is 0 Å². The number of phenols is 3. The molecule has 1 aliphatic rings. The third-order valence-electron chi connectivity index (χ3n) is 5.45. The first kappa shape index (κ1) is 17.3. The van der Waals surface area contributed by atoms with Crippen LogP contribution in [0, 0.1) is 13.8 Å². The average molecular weight is 362 g/mol. The van der Waals surface area contributed by atoms with Crippen LogP contribution < -0.4 is 4.74 Å². The molecule has 4 nitrogen and oxygen atoms in total. The summed E-state index contributed by atoms with van der Waals surface area (Å²) in [4.78, 5) is 0. The molecule has 3 aromatic rings. The van der Waals surface area contributed by atoms with Crippen LogP contribution in [0.5, 0.6) is 23.0 Å². The van der Waals surface area contributed by atoms with Gasteiger partial charge in [0.25, 0.3) is 0 Å². The molecule has 0 fully saturated rings. The van der Waals surface area contributed by atoms with Crippen LogP contribution in [0.1, 0.15) is 39.7 Å². The zero-order valence-electron chi connectivity index (χ0n) is 15.3. The van der Waals surface area contributed by atoms with E-state index in [1.54, 1.807) is 24.3 Å². The Labute approximate surface area is 158 Å². The van der Waals surface area contributed by atoms with E-state index < -0.39 is 0 Å². The van der Waals surface area contributed by atoms with Crippen molar-refractivity contribution < 1.29 is 20.1 Å². The van der Waals surface area contributed by atoms with Gasteiger partial charge in [-0.25, -0.2) is 0 Å². The first-order valence-electron chi connectivity index (χ1n) is 8.99. The summed E-state index contributed by atoms with van der Waals surface area (Å²) < 4.78 is 6.07. The molecule has 0 bridgehead atoms. The number of benzene rings is 3. The van der Waals surface area contributed by atoms with Gasteiger partial charge in [-0.3, -0.25) is 0 Å². The molecule has 4 rings (SSSR count). The van der Waals surface area contributed by atoms with Crippen molar-refractivity contribution >= 4 is 0 Å². The Morgan fingerprint density at radius 1 is 0.815 bits per heavy atom. The summed E-state index contributed by atoms with van der Waals surface area (Å²) in [5, 5.41) is 29.7. The van der Waals surface area contributed by atoms with Crippen LogP contribution in [0.4, 0.5) is 0 Å². The monoisotopic (exact) mass is 362 g/mol. The summed E-state index contributed by atoms with van der Waals surface area (Å²) >= 11 is 0. The summed E-state index contributed by atoms with van der Waals surface area (Å²) in [6.07, 6.45) is 0. The summed E-state index contributed by atoms with van der Waals surface area (Å²) in [6, 6.07) is 16.5. The summed E-state index contributed by atoms with van der Waals surface area (Å²) in [5.74, 6) is 1.50. The highest BCUT2D eigenvalue weighted by molar-refractivity contribution is 5.56. The van der Waals surface area contributed by atoms with E-state index in [1.807, 2.05) is 44.2 Å². The Hall–Kier alpha value is -3.14. The van der Waals surface area contributed by atoms with Crippen molar-refractivity contribution in [3.8, 4) is 23.0 Å². The van der Waals surface area contributed by atoms with Gasteiger partial charge in [-0.05, 0) is 54.8 Å². The van der Waals surface area contributed by atoms with Gasteiger partial charge in [0.2, 0.25) is 0 Å². The van der Waals surface area contributed by atoms with E-state index in [0.29, 0.717) is 6.61 Å². The van der Waals surface area contributed by atoms with E-state index in [9.17, 15) is 15.3 Å². The van der Waals surface area contributed by atoms with Crippen molar-refractivity contribution in [3.05, 3.63) is 82.4 Å². The summed E-state index contributed by atoms with van der Waals surface area (Å²) in [7, 11) is 0. The van der Waals surface area contributed by atoms with Crippen LogP contribution in [-0.4, -0.2) is 21.9 Å². The van der Waals surface area contributed by atoms with E-state index in [-0.39, 0.29) is 29.1 Å². The largest absolute Gasteiger partial charge is 0.508 e. The van der Waals surface area contributed by atoms with E-state index in [0.717, 1.165) is 33.6 Å². The lowest BCUT2D eigenvalue weighted by Gasteiger charge is -2.35. The molecule has 0 amide bonds. The van der Waals surface area contributed by atoms with Gasteiger partial charge < -0.3 is 20.1 Å². The van der Waals surface area contributed by atoms with Gasteiger partial charge in [-0.1, -0.05) is 30.3 Å². The van der Waals surface area contributed by atoms with Crippen molar-refractivity contribution in [2.24, 2.45) is 0 Å². The fraction of sp³-hybridized carbons (Fsp3) is 0.217. The molecule has 2 atom stereocenters. The number of rotatable bonds is 2. The number of phenolic OH excluding ortho intramolecular Hbond substituents is 3. The highest BCUT2D eigenvalue weighted by Gasteiger charge is 2.35. The normalized spacial score (nSPS) is 18.6. The second-order valence-electron chi connectivity index (χ2n) is 7.16. The SMILES string of the molecule is Cc1cc([C@@H]2c3ccc(O)c(C)c3OC[C@@H]2c2ccc(O)cc2)ccc1O. The van der Waals surface area contributed by atoms with E-state index in [2.05, 4.69) is 0 Å². The number of hydrogen-bond donors (Lipinski definition) is 3. The van der Waals surface area contributed by atoms with Gasteiger partial charge in [-0.15, -0.1) is 0 Å². The molecular formula is C23H22O4. The van der Waals surface area contributed by atoms with Crippen LogP contribution in [0.25, 0.3) is 0 Å². The second-order valence-corrected chi connectivity index (χ2v) is 7.16. The lowest BCUT2D eigenvalue weighted by Crippen LogP contribution is -2.25. The predicted octanol–water partition coefficient (Wildman–Crippen LogP) is 4.73. The fourth-order valence-corrected chi connectivity index (χ4v) is 3.92. The lowest BCUT2D eigenvalue weighted by atomic mass is 9.75. The Morgan fingerprint density at radius 2 is 1.48 bits per heavy atom. The molecule has 0 saturated heterocycles. The minimum absolute atomic E-state index is 0.0110. The molecule has 0 aromatic heterocycles. The van der Waals surface area contributed by atoms with E-state index >= 15 is 0 Å². The fourth-order valence-electron chi connectivity index (χ4n) is 3.92. The number of ether oxygens (including phenoxy) is 1. The molecule has 0 aliphatic carbocycles. The van der Waals surface area contributed by atoms with Gasteiger partial charge in [0, 0.05) is 23.0 Å². The van der Waals surface area contributed by atoms with Crippen molar-refractivity contribution in [2.75, 3.05) is 6.61 Å². The number of hydrogen-bond acceptors (Lipinski definition) is 4. The number of aromatic hydroxyl groups is 3. The van der Waals surface area contributed by atoms with Gasteiger partial charge in [0.15, 0.2) is 0 Å². The highest BCUT2D eigenvalue weighted by atomic mass is 16.5. The molecule has 3 N–H and O–H groups in total. The minimum Gasteiger partial charge on any atom is -0.508 e. The molecule has 138 valence electrons. The molecule has 3 aromatic carbocycles. The molecule has 0 spiro atoms. The van der Waals surface area contributed by atoms with Gasteiger partial charge in [0.1, 0.15) is 23.0 Å². The molecule has 27 heavy (non-hydrogen) atoms. The first-order chi connectivity index (χ1) is 13.0. The number of aryl methyl sites for hydroxylation is 1. The van der Waals surface area contributed by atoms with Crippen LogP contribution in [0.3, 0.4) is 0 Å². The molecule has 0 saturated carbocycles. The highest BCUT2D eigenvalue weighted by Crippen LogP contribution is 2.49. The first-order valence-corrected chi connectivity index (χ1v) is 8.99. The minimum atomic E-state index is 0.0110. The standard InChI is InChI=1S/C23H22O4/c1-13-11-16(5-9-20(13)25)22-18-8-10-21(26)14(2)23(18)27-12-19(22)15-3-6-17(24)7-4-15/h3-11,19,22,24-26H,12H2,1-2H3/t19-,22-/m1/s1. The van der Waals surface area contributed by atoms with Crippen molar-refractivity contribution in [1.29, 1.82) is 0 Å². The maximum atomic E-state index is 10.1. The zero-order chi connectivity index (χ0) is 19.1. The molecule has 4 heteroatoms. The quantitative estimate of drug-likeness (QED) is 0.616. The van der Waals surface area contributed by atoms with Crippen molar-refractivity contribution in [3.63, 3.8) is 0 Å². The van der Waals surface area contributed by atoms with Gasteiger partial charge >= 0.3 is 0 Å². The van der Waals surface area contributed by atoms with Gasteiger partial charge in [-0.2, -0.15) is 0 Å². The molecule has 0 radical (unpaired) electrons. The summed E-state index contributed by atoms with van der Waals surface area (Å²) in [5.41, 5.74) is 4.72. The second kappa shape index (κ2) is 6.54. The molecular weight excluding hydrogens is 340 g/mol. The number of fused-ring (bicyclic) bond motifs is 1. The topological polar surface area (TPSA) is 69.9 Å². The van der Waals surface area contributed by atoms with E-state index in [1.165, 1.54) is 0 Å². The van der Waals surface area contributed by atoms with E-state index in [4.69, 9.17) is 4.74 Å². The molecule has 1 aliphatic heterocycles. The lowest BCUT2D eigenvalue weighted by molar-refractivity contribution is 0.245. The zero-order valence-corrected chi connectivity index (χ0v) is 15.3. The Kier molecular flexibility index (Phi) is 4.19. The molecule has 1 heterocycles. The predicted molar refractivity (Wildman–Crippen MR) is 104 cm³/mol. The Morgan fingerprint density at radius 3 is 2.19 bits per heavy atom. The third kappa shape index (κ3) is 2.97. The third-order valence-corrected chi connectivity index (χ3v) is 5.45. The van der Waals surface area contributed by atoms with Crippen LogP contribution in [-0.2, 0) is 0 Å². The molecule has 0 unspecified atom stereocenters. The van der Waals surface area contributed by atoms with Crippen LogP contribution >= 0.6 is 0 Å². The van der Waals surface area contributed by atoms with Gasteiger partial charge in [0.05, 0.1) is 6.61 Å². The maximum Gasteiger partial charge on any atom is 0.129 e.